The smallest absolute Gasteiger partial charge is 0.323 e. The highest BCUT2D eigenvalue weighted by molar-refractivity contribution is 6.31. The van der Waals surface area contributed by atoms with Gasteiger partial charge < -0.3 is 15.8 Å². The van der Waals surface area contributed by atoms with Crippen LogP contribution < -0.4 is 15.8 Å². The van der Waals surface area contributed by atoms with Gasteiger partial charge in [0, 0.05) is 5.02 Å². The van der Waals surface area contributed by atoms with Crippen molar-refractivity contribution in [1.82, 2.24) is 15.0 Å². The average Bonchev–Trinajstić information content (AvgIpc) is 2.38. The molecule has 106 valence electrons. The lowest BCUT2D eigenvalue weighted by atomic mass is 10.1. The molecule has 2 rings (SSSR count). The van der Waals surface area contributed by atoms with E-state index in [0.29, 0.717) is 17.6 Å². The van der Waals surface area contributed by atoms with Crippen LogP contribution in [0.25, 0.3) is 0 Å². The summed E-state index contributed by atoms with van der Waals surface area (Å²) in [7, 11) is 0. The number of benzene rings is 1. The van der Waals surface area contributed by atoms with Crippen molar-refractivity contribution < 1.29 is 4.74 Å². The minimum absolute atomic E-state index is 0.0695. The summed E-state index contributed by atoms with van der Waals surface area (Å²) in [5, 5.41) is 3.81. The van der Waals surface area contributed by atoms with Gasteiger partial charge in [0.05, 0.1) is 12.6 Å². The maximum atomic E-state index is 6.16. The van der Waals surface area contributed by atoms with E-state index in [0.717, 1.165) is 5.56 Å². The zero-order valence-corrected chi connectivity index (χ0v) is 12.1. The third-order valence-electron chi connectivity index (χ3n) is 2.62. The van der Waals surface area contributed by atoms with Crippen LogP contribution in [0, 0.1) is 0 Å². The van der Waals surface area contributed by atoms with Crippen LogP contribution in [0.3, 0.4) is 0 Å². The molecule has 2 aromatic rings. The van der Waals surface area contributed by atoms with Crippen molar-refractivity contribution in [3.05, 3.63) is 34.9 Å². The van der Waals surface area contributed by atoms with Crippen LogP contribution in [-0.2, 0) is 0 Å². The van der Waals surface area contributed by atoms with E-state index in [1.165, 1.54) is 0 Å². The number of nitrogens with zero attached hydrogens (tertiary/aromatic N) is 3. The number of aromatic nitrogens is 3. The van der Waals surface area contributed by atoms with Crippen molar-refractivity contribution >= 4 is 23.5 Å². The zero-order valence-electron chi connectivity index (χ0n) is 11.3. The molecule has 0 fully saturated rings. The fourth-order valence-corrected chi connectivity index (χ4v) is 2.03. The molecule has 1 aromatic carbocycles. The molecule has 0 aliphatic rings. The summed E-state index contributed by atoms with van der Waals surface area (Å²) in [5.74, 6) is 0.464. The number of nitrogens with two attached hydrogens (primary N) is 1. The molecule has 0 spiro atoms. The molecule has 20 heavy (non-hydrogen) atoms. The first-order valence-electron chi connectivity index (χ1n) is 6.25. The van der Waals surface area contributed by atoms with Crippen LogP contribution in [-0.4, -0.2) is 21.6 Å². The molecule has 0 radical (unpaired) electrons. The summed E-state index contributed by atoms with van der Waals surface area (Å²) in [4.78, 5) is 12.1. The Kier molecular flexibility index (Phi) is 4.57. The number of hydrogen-bond donors (Lipinski definition) is 2. The van der Waals surface area contributed by atoms with Crippen molar-refractivity contribution in [3.8, 4) is 6.01 Å². The SMILES string of the molecule is CCOc1nc(N)nc(NC(C)c2ccccc2Cl)n1. The molecular weight excluding hydrogens is 278 g/mol. The van der Waals surface area contributed by atoms with Gasteiger partial charge in [-0.2, -0.15) is 15.0 Å². The predicted molar refractivity (Wildman–Crippen MR) is 78.9 cm³/mol. The van der Waals surface area contributed by atoms with Crippen LogP contribution in [0.2, 0.25) is 5.02 Å². The highest BCUT2D eigenvalue weighted by atomic mass is 35.5. The molecule has 1 heterocycles. The van der Waals surface area contributed by atoms with E-state index in [4.69, 9.17) is 22.1 Å². The quantitative estimate of drug-likeness (QED) is 0.881. The van der Waals surface area contributed by atoms with E-state index in [1.54, 1.807) is 0 Å². The van der Waals surface area contributed by atoms with E-state index < -0.39 is 0 Å². The van der Waals surface area contributed by atoms with Gasteiger partial charge in [-0.05, 0) is 25.5 Å². The molecule has 0 bridgehead atoms. The van der Waals surface area contributed by atoms with E-state index in [1.807, 2.05) is 38.1 Å². The van der Waals surface area contributed by atoms with Crippen molar-refractivity contribution in [1.29, 1.82) is 0 Å². The monoisotopic (exact) mass is 293 g/mol. The molecule has 7 heteroatoms. The Balaban J connectivity index is 2.19. The van der Waals surface area contributed by atoms with Crippen LogP contribution in [0.5, 0.6) is 6.01 Å². The third-order valence-corrected chi connectivity index (χ3v) is 2.97. The largest absolute Gasteiger partial charge is 0.464 e. The fourth-order valence-electron chi connectivity index (χ4n) is 1.73. The molecule has 0 saturated carbocycles. The standard InChI is InChI=1S/C13H16ClN5O/c1-3-20-13-18-11(15)17-12(19-13)16-8(2)9-6-4-5-7-10(9)14/h4-8H,3H2,1-2H3,(H3,15,16,17,18,19). The van der Waals surface area contributed by atoms with Crippen molar-refractivity contribution in [3.63, 3.8) is 0 Å². The molecule has 6 nitrogen and oxygen atoms in total. The Labute approximate surface area is 122 Å². The Bertz CT molecular complexity index is 593. The van der Waals surface area contributed by atoms with Crippen molar-refractivity contribution in [2.45, 2.75) is 19.9 Å². The molecule has 0 amide bonds. The molecule has 1 aromatic heterocycles. The first-order chi connectivity index (χ1) is 9.60. The van der Waals surface area contributed by atoms with Crippen molar-refractivity contribution in [2.24, 2.45) is 0 Å². The van der Waals surface area contributed by atoms with Gasteiger partial charge in [-0.15, -0.1) is 0 Å². The number of anilines is 2. The average molecular weight is 294 g/mol. The third kappa shape index (κ3) is 3.48. The second kappa shape index (κ2) is 6.38. The van der Waals surface area contributed by atoms with Gasteiger partial charge in [0.15, 0.2) is 0 Å². The van der Waals surface area contributed by atoms with Gasteiger partial charge in [0.2, 0.25) is 11.9 Å². The molecule has 1 atom stereocenters. The summed E-state index contributed by atoms with van der Waals surface area (Å²) in [5.41, 5.74) is 6.58. The van der Waals surface area contributed by atoms with E-state index in [2.05, 4.69) is 20.3 Å². The van der Waals surface area contributed by atoms with E-state index >= 15 is 0 Å². The molecule has 0 aliphatic heterocycles. The van der Waals surface area contributed by atoms with Crippen LogP contribution >= 0.6 is 11.6 Å². The lowest BCUT2D eigenvalue weighted by Crippen LogP contribution is -2.12. The van der Waals surface area contributed by atoms with Crippen molar-refractivity contribution in [2.75, 3.05) is 17.7 Å². The highest BCUT2D eigenvalue weighted by Crippen LogP contribution is 2.24. The van der Waals surface area contributed by atoms with Gasteiger partial charge in [-0.25, -0.2) is 0 Å². The summed E-state index contributed by atoms with van der Waals surface area (Å²) >= 11 is 6.16. The first kappa shape index (κ1) is 14.3. The molecule has 0 aliphatic carbocycles. The fraction of sp³-hybridized carbons (Fsp3) is 0.308. The predicted octanol–water partition coefficient (Wildman–Crippen LogP) is 2.68. The number of halogens is 1. The van der Waals surface area contributed by atoms with E-state index in [-0.39, 0.29) is 18.0 Å². The van der Waals surface area contributed by atoms with Gasteiger partial charge in [0.25, 0.3) is 0 Å². The second-order valence-electron chi connectivity index (χ2n) is 4.12. The molecule has 0 saturated heterocycles. The first-order valence-corrected chi connectivity index (χ1v) is 6.63. The maximum Gasteiger partial charge on any atom is 0.323 e. The topological polar surface area (TPSA) is 86.0 Å². The normalized spacial score (nSPS) is 11.9. The second-order valence-corrected chi connectivity index (χ2v) is 4.53. The van der Waals surface area contributed by atoms with Gasteiger partial charge >= 0.3 is 6.01 Å². The summed E-state index contributed by atoms with van der Waals surface area (Å²) in [6.45, 7) is 4.27. The molecule has 3 N–H and O–H groups in total. The van der Waals surface area contributed by atoms with Crippen LogP contribution in [0.1, 0.15) is 25.5 Å². The molecular formula is C13H16ClN5O. The van der Waals surface area contributed by atoms with Gasteiger partial charge in [-0.3, -0.25) is 0 Å². The van der Waals surface area contributed by atoms with E-state index in [9.17, 15) is 0 Å². The molecule has 1 unspecified atom stereocenters. The summed E-state index contributed by atoms with van der Waals surface area (Å²) < 4.78 is 5.23. The minimum Gasteiger partial charge on any atom is -0.464 e. The number of ether oxygens (including phenoxy) is 1. The Morgan fingerprint density at radius 3 is 2.75 bits per heavy atom. The highest BCUT2D eigenvalue weighted by Gasteiger charge is 2.12. The number of rotatable bonds is 5. The Morgan fingerprint density at radius 1 is 1.30 bits per heavy atom. The van der Waals surface area contributed by atoms with Crippen LogP contribution in [0.4, 0.5) is 11.9 Å². The summed E-state index contributed by atoms with van der Waals surface area (Å²) in [6, 6.07) is 7.71. The zero-order chi connectivity index (χ0) is 14.5. The van der Waals surface area contributed by atoms with Crippen LogP contribution in [0.15, 0.2) is 24.3 Å². The number of nitrogens with one attached hydrogen (secondary N) is 1. The maximum absolute atomic E-state index is 6.16. The lowest BCUT2D eigenvalue weighted by molar-refractivity contribution is 0.312. The number of hydrogen-bond acceptors (Lipinski definition) is 6. The summed E-state index contributed by atoms with van der Waals surface area (Å²) in [6.07, 6.45) is 0. The van der Waals surface area contributed by atoms with Gasteiger partial charge in [0.1, 0.15) is 0 Å². The van der Waals surface area contributed by atoms with Gasteiger partial charge in [-0.1, -0.05) is 29.8 Å². The Morgan fingerprint density at radius 2 is 2.05 bits per heavy atom. The Hall–Kier alpha value is -2.08. The lowest BCUT2D eigenvalue weighted by Gasteiger charge is -2.15. The number of nitrogen functional groups attached to an aromatic ring is 1. The minimum atomic E-state index is -0.0695.